The van der Waals surface area contributed by atoms with Crippen molar-refractivity contribution in [3.63, 3.8) is 0 Å². The Kier molecular flexibility index (Phi) is 3.32. The summed E-state index contributed by atoms with van der Waals surface area (Å²) in [6, 6.07) is 2.73. The number of halogens is 3. The van der Waals surface area contributed by atoms with Crippen LogP contribution >= 0.6 is 0 Å². The van der Waals surface area contributed by atoms with E-state index in [2.05, 4.69) is 15.2 Å². The highest BCUT2D eigenvalue weighted by Crippen LogP contribution is 2.33. The van der Waals surface area contributed by atoms with E-state index in [9.17, 15) is 13.2 Å². The van der Waals surface area contributed by atoms with E-state index in [1.54, 1.807) is 17.7 Å². The molecule has 3 aromatic rings. The largest absolute Gasteiger partial charge is 0.433 e. The molecular weight excluding hydrogens is 309 g/mol. The average molecular weight is 320 g/mol. The maximum absolute atomic E-state index is 13.3. The Balaban J connectivity index is 2.34. The van der Waals surface area contributed by atoms with Crippen LogP contribution in [-0.4, -0.2) is 24.4 Å². The summed E-state index contributed by atoms with van der Waals surface area (Å²) in [4.78, 5) is 4.18. The Morgan fingerprint density at radius 3 is 2.57 bits per heavy atom. The lowest BCUT2D eigenvalue weighted by Gasteiger charge is -2.11. The van der Waals surface area contributed by atoms with E-state index in [0.29, 0.717) is 22.3 Å². The molecule has 0 spiro atoms. The molecule has 0 N–H and O–H groups in total. The summed E-state index contributed by atoms with van der Waals surface area (Å²) in [6.45, 7) is 4.23. The van der Waals surface area contributed by atoms with E-state index in [1.165, 1.54) is 6.20 Å². The predicted molar refractivity (Wildman–Crippen MR) is 74.3 cm³/mol. The van der Waals surface area contributed by atoms with Crippen LogP contribution < -0.4 is 0 Å². The predicted octanol–water partition coefficient (Wildman–Crippen LogP) is 2.81. The number of hydrogen-bond acceptors (Lipinski definition) is 4. The highest BCUT2D eigenvalue weighted by atomic mass is 19.4. The molecule has 0 bridgehead atoms. The minimum atomic E-state index is -4.62. The summed E-state index contributed by atoms with van der Waals surface area (Å²) >= 11 is 0. The first kappa shape index (κ1) is 15.0. The number of alkyl halides is 3. The molecule has 3 aromatic heterocycles. The minimum absolute atomic E-state index is 0.0158. The topological polar surface area (TPSA) is 71.8 Å². The van der Waals surface area contributed by atoms with Gasteiger partial charge in [-0.2, -0.15) is 28.6 Å². The van der Waals surface area contributed by atoms with Gasteiger partial charge in [-0.05, 0) is 19.9 Å². The Hall–Kier alpha value is -2.89. The second kappa shape index (κ2) is 5.08. The van der Waals surface area contributed by atoms with Crippen LogP contribution in [0.25, 0.3) is 16.9 Å². The van der Waals surface area contributed by atoms with Crippen molar-refractivity contribution < 1.29 is 13.2 Å². The van der Waals surface area contributed by atoms with Gasteiger partial charge in [-0.1, -0.05) is 0 Å². The summed E-state index contributed by atoms with van der Waals surface area (Å²) in [7, 11) is 0. The molecule has 3 rings (SSSR count). The van der Waals surface area contributed by atoms with Crippen LogP contribution in [0.3, 0.4) is 0 Å². The third-order valence-electron chi connectivity index (χ3n) is 3.56. The Morgan fingerprint density at radius 2 is 2.00 bits per heavy atom. The fourth-order valence-corrected chi connectivity index (χ4v) is 2.40. The van der Waals surface area contributed by atoms with Gasteiger partial charge in [-0.25, -0.2) is 9.50 Å². The number of rotatable bonds is 2. The zero-order valence-electron chi connectivity index (χ0n) is 12.3. The lowest BCUT2D eigenvalue weighted by Crippen LogP contribution is -2.14. The van der Waals surface area contributed by atoms with E-state index in [4.69, 9.17) is 5.26 Å². The first-order valence-electron chi connectivity index (χ1n) is 6.75. The molecule has 0 aliphatic carbocycles. The quantitative estimate of drug-likeness (QED) is 0.728. The van der Waals surface area contributed by atoms with Crippen LogP contribution in [0.1, 0.15) is 23.9 Å². The second-order valence-electron chi connectivity index (χ2n) is 4.89. The number of nitriles is 1. The van der Waals surface area contributed by atoms with Crippen molar-refractivity contribution in [3.05, 3.63) is 35.4 Å². The number of aromatic nitrogens is 5. The number of nitrogens with zero attached hydrogens (tertiary/aromatic N) is 6. The van der Waals surface area contributed by atoms with Crippen LogP contribution in [0.2, 0.25) is 0 Å². The van der Waals surface area contributed by atoms with Gasteiger partial charge in [0, 0.05) is 17.8 Å². The highest BCUT2D eigenvalue weighted by Gasteiger charge is 2.35. The van der Waals surface area contributed by atoms with E-state index in [0.717, 1.165) is 12.3 Å². The van der Waals surface area contributed by atoms with Crippen molar-refractivity contribution in [3.8, 4) is 17.3 Å². The zero-order valence-corrected chi connectivity index (χ0v) is 12.3. The van der Waals surface area contributed by atoms with Gasteiger partial charge in [0.15, 0.2) is 11.3 Å². The molecule has 0 amide bonds. The molecule has 9 heteroatoms. The normalized spacial score (nSPS) is 11.8. The summed E-state index contributed by atoms with van der Waals surface area (Å²) in [5, 5.41) is 16.8. The third kappa shape index (κ3) is 2.32. The molecule has 0 radical (unpaired) electrons. The van der Waals surface area contributed by atoms with E-state index in [1.807, 2.05) is 6.92 Å². The third-order valence-corrected chi connectivity index (χ3v) is 3.56. The van der Waals surface area contributed by atoms with Crippen LogP contribution in [0.5, 0.6) is 0 Å². The molecule has 118 valence electrons. The van der Waals surface area contributed by atoms with Crippen molar-refractivity contribution in [1.29, 1.82) is 5.26 Å². The number of hydrogen-bond donors (Lipinski definition) is 0. The van der Waals surface area contributed by atoms with Crippen molar-refractivity contribution >= 4 is 5.65 Å². The summed E-state index contributed by atoms with van der Waals surface area (Å²) in [5.41, 5.74) is 0.181. The molecule has 0 aromatic carbocycles. The molecule has 0 aliphatic heterocycles. The van der Waals surface area contributed by atoms with Gasteiger partial charge in [0.25, 0.3) is 0 Å². The Bertz CT molecular complexity index is 929. The van der Waals surface area contributed by atoms with Gasteiger partial charge in [-0.15, -0.1) is 0 Å². The molecule has 0 atom stereocenters. The van der Waals surface area contributed by atoms with Crippen molar-refractivity contribution in [2.45, 2.75) is 26.6 Å². The van der Waals surface area contributed by atoms with Crippen LogP contribution in [0, 0.1) is 18.3 Å². The van der Waals surface area contributed by atoms with Crippen LogP contribution in [0.4, 0.5) is 13.2 Å². The SMILES string of the molecule is CCn1ncc(-c2cc(C(F)(F)F)n3ncc(C#N)c3n2)c1C. The smallest absolute Gasteiger partial charge is 0.269 e. The fraction of sp³-hybridized carbons (Fsp3) is 0.286. The number of aryl methyl sites for hydroxylation is 1. The van der Waals surface area contributed by atoms with Crippen molar-refractivity contribution in [1.82, 2.24) is 24.4 Å². The van der Waals surface area contributed by atoms with Gasteiger partial charge < -0.3 is 0 Å². The van der Waals surface area contributed by atoms with Crippen molar-refractivity contribution in [2.24, 2.45) is 0 Å². The molecular formula is C14H11F3N6. The molecule has 6 nitrogen and oxygen atoms in total. The van der Waals surface area contributed by atoms with Gasteiger partial charge in [0.05, 0.1) is 18.1 Å². The molecule has 3 heterocycles. The molecule has 23 heavy (non-hydrogen) atoms. The van der Waals surface area contributed by atoms with E-state index < -0.39 is 11.9 Å². The summed E-state index contributed by atoms with van der Waals surface area (Å²) in [6.07, 6.45) is -2.08. The first-order chi connectivity index (χ1) is 10.9. The first-order valence-corrected chi connectivity index (χ1v) is 6.75. The summed E-state index contributed by atoms with van der Waals surface area (Å²) in [5.74, 6) is 0. The molecule has 0 saturated carbocycles. The van der Waals surface area contributed by atoms with Crippen molar-refractivity contribution in [2.75, 3.05) is 0 Å². The lowest BCUT2D eigenvalue weighted by molar-refractivity contribution is -0.142. The minimum Gasteiger partial charge on any atom is -0.269 e. The maximum atomic E-state index is 13.3. The number of fused-ring (bicyclic) bond motifs is 1. The van der Waals surface area contributed by atoms with E-state index in [-0.39, 0.29) is 16.9 Å². The van der Waals surface area contributed by atoms with Gasteiger partial charge in [0.1, 0.15) is 11.6 Å². The van der Waals surface area contributed by atoms with Gasteiger partial charge >= 0.3 is 6.18 Å². The Labute approximate surface area is 128 Å². The standard InChI is InChI=1S/C14H11F3N6/c1-3-22-8(2)10(7-19-22)11-4-12(14(15,16)17)23-13(21-11)9(5-18)6-20-23/h4,6-7H,3H2,1-2H3. The van der Waals surface area contributed by atoms with Crippen LogP contribution in [-0.2, 0) is 12.7 Å². The molecule has 0 fully saturated rings. The Morgan fingerprint density at radius 1 is 1.26 bits per heavy atom. The van der Waals surface area contributed by atoms with Crippen LogP contribution in [0.15, 0.2) is 18.5 Å². The van der Waals surface area contributed by atoms with Gasteiger partial charge in [0.2, 0.25) is 0 Å². The molecule has 0 aliphatic rings. The summed E-state index contributed by atoms with van der Waals surface area (Å²) < 4.78 is 42.2. The molecule has 0 unspecified atom stereocenters. The average Bonchev–Trinajstić information content (AvgIpc) is 3.07. The second-order valence-corrected chi connectivity index (χ2v) is 4.89. The highest BCUT2D eigenvalue weighted by molar-refractivity contribution is 5.66. The van der Waals surface area contributed by atoms with Gasteiger partial charge in [-0.3, -0.25) is 4.68 Å². The lowest BCUT2D eigenvalue weighted by atomic mass is 10.1. The monoisotopic (exact) mass is 320 g/mol. The zero-order chi connectivity index (χ0) is 16.8. The fourth-order valence-electron chi connectivity index (χ4n) is 2.40. The molecule has 0 saturated heterocycles. The van der Waals surface area contributed by atoms with E-state index >= 15 is 0 Å². The maximum Gasteiger partial charge on any atom is 0.433 e.